The van der Waals surface area contributed by atoms with Gasteiger partial charge in [0.05, 0.1) is 39.4 Å². The van der Waals surface area contributed by atoms with Crippen molar-refractivity contribution in [2.75, 3.05) is 24.2 Å². The summed E-state index contributed by atoms with van der Waals surface area (Å²) in [6, 6.07) is 12.8. The first kappa shape index (κ1) is 35.3. The zero-order valence-corrected chi connectivity index (χ0v) is 27.6. The number of phenols is 1. The lowest BCUT2D eigenvalue weighted by molar-refractivity contribution is -0.0817. The van der Waals surface area contributed by atoms with Crippen molar-refractivity contribution < 1.29 is 28.7 Å². The molecule has 1 unspecified atom stereocenters. The molecule has 0 aliphatic heterocycles. The third kappa shape index (κ3) is 11.1. The van der Waals surface area contributed by atoms with Gasteiger partial charge >= 0.3 is 5.97 Å². The van der Waals surface area contributed by atoms with Gasteiger partial charge in [0.2, 0.25) is 0 Å². The van der Waals surface area contributed by atoms with Gasteiger partial charge in [-0.3, -0.25) is 4.79 Å². The first-order chi connectivity index (χ1) is 21.4. The predicted molar refractivity (Wildman–Crippen MR) is 180 cm³/mol. The molecule has 0 aliphatic rings. The van der Waals surface area contributed by atoms with Gasteiger partial charge in [0.15, 0.2) is 5.75 Å². The van der Waals surface area contributed by atoms with Gasteiger partial charge in [0.1, 0.15) is 5.75 Å². The largest absolute Gasteiger partial charge is 0.506 e. The molecule has 10 heteroatoms. The van der Waals surface area contributed by atoms with E-state index in [4.69, 9.17) is 25.6 Å². The lowest BCUT2D eigenvalue weighted by Gasteiger charge is -2.12. The molecule has 1 amide bonds. The third-order valence-electron chi connectivity index (χ3n) is 7.12. The lowest BCUT2D eigenvalue weighted by Crippen LogP contribution is -2.14. The van der Waals surface area contributed by atoms with Crippen LogP contribution in [0.15, 0.2) is 52.9 Å². The van der Waals surface area contributed by atoms with Crippen LogP contribution in [0.1, 0.15) is 106 Å². The molecule has 240 valence electrons. The van der Waals surface area contributed by atoms with Crippen LogP contribution in [-0.4, -0.2) is 35.9 Å². The quantitative estimate of drug-likeness (QED) is 0.0582. The average molecular weight is 645 g/mol. The van der Waals surface area contributed by atoms with E-state index in [9.17, 15) is 14.7 Å². The number of nitrogens with one attached hydrogen (secondary N) is 1. The van der Waals surface area contributed by atoms with Crippen molar-refractivity contribution >= 4 is 50.9 Å². The van der Waals surface area contributed by atoms with E-state index in [0.717, 1.165) is 19.3 Å². The first-order valence-corrected chi connectivity index (χ1v) is 17.3. The number of carbonyl (C=O) groups is 2. The molecule has 8 nitrogen and oxygen atoms in total. The van der Waals surface area contributed by atoms with Crippen LogP contribution < -0.4 is 10.2 Å². The van der Waals surface area contributed by atoms with Crippen LogP contribution in [-0.2, 0) is 20.0 Å². The first-order valence-electron chi connectivity index (χ1n) is 15.6. The van der Waals surface area contributed by atoms with E-state index in [1.165, 1.54) is 63.1 Å². The van der Waals surface area contributed by atoms with Crippen molar-refractivity contribution in [3.63, 3.8) is 0 Å². The number of hydrogen-bond donors (Lipinski definition) is 2. The molecule has 1 atom stereocenters. The van der Waals surface area contributed by atoms with Crippen LogP contribution in [0.4, 0.5) is 5.69 Å². The predicted octanol–water partition coefficient (Wildman–Crippen LogP) is 9.60. The number of carbonyl (C=O) groups excluding carboxylic acids is 2. The molecule has 44 heavy (non-hydrogen) atoms. The van der Waals surface area contributed by atoms with E-state index < -0.39 is 22.8 Å². The van der Waals surface area contributed by atoms with E-state index in [1.807, 2.05) is 13.8 Å². The molecule has 3 aromatic rings. The SMILES string of the molecule is CCCCCCCCCCCCOC(=O)c1ccc(Cl)c(NC(=O)c2ccc3cc(OOS(CC)=NCC)ccc3c2O)c1. The average Bonchev–Trinajstić information content (AvgIpc) is 3.02. The van der Waals surface area contributed by atoms with Gasteiger partial charge in [-0.25, -0.2) is 9.16 Å². The summed E-state index contributed by atoms with van der Waals surface area (Å²) in [5, 5.41) is 15.0. The minimum absolute atomic E-state index is 0.0571. The summed E-state index contributed by atoms with van der Waals surface area (Å²) in [5.41, 5.74) is 0.586. The van der Waals surface area contributed by atoms with Gasteiger partial charge in [0, 0.05) is 17.7 Å². The maximum Gasteiger partial charge on any atom is 0.338 e. The van der Waals surface area contributed by atoms with Crippen LogP contribution in [0.25, 0.3) is 10.8 Å². The normalized spacial score (nSPS) is 11.9. The Bertz CT molecular complexity index is 1410. The number of esters is 1. The van der Waals surface area contributed by atoms with E-state index in [1.54, 1.807) is 30.3 Å². The second-order valence-corrected chi connectivity index (χ2v) is 12.5. The van der Waals surface area contributed by atoms with Gasteiger partial charge in [-0.05, 0) is 61.2 Å². The molecule has 0 aliphatic carbocycles. The molecule has 3 rings (SSSR count). The van der Waals surface area contributed by atoms with Gasteiger partial charge in [0.25, 0.3) is 5.91 Å². The third-order valence-corrected chi connectivity index (χ3v) is 8.71. The summed E-state index contributed by atoms with van der Waals surface area (Å²) in [6.45, 7) is 7.11. The number of amides is 1. The number of hydrogen-bond acceptors (Lipinski definition) is 7. The number of benzene rings is 3. The number of unbranched alkanes of at least 4 members (excludes halogenated alkanes) is 9. The van der Waals surface area contributed by atoms with Crippen molar-refractivity contribution in [3.8, 4) is 11.5 Å². The van der Waals surface area contributed by atoms with E-state index >= 15 is 0 Å². The second-order valence-electron chi connectivity index (χ2n) is 10.5. The van der Waals surface area contributed by atoms with Crippen molar-refractivity contribution in [2.45, 2.75) is 85.0 Å². The van der Waals surface area contributed by atoms with Crippen molar-refractivity contribution in [1.29, 1.82) is 0 Å². The number of fused-ring (bicyclic) bond motifs is 1. The maximum absolute atomic E-state index is 13.1. The number of anilines is 1. The Balaban J connectivity index is 1.53. The molecule has 0 spiro atoms. The summed E-state index contributed by atoms with van der Waals surface area (Å²) >= 11 is 6.33. The van der Waals surface area contributed by atoms with Gasteiger partial charge in [-0.1, -0.05) is 89.3 Å². The Morgan fingerprint density at radius 2 is 1.59 bits per heavy atom. The summed E-state index contributed by atoms with van der Waals surface area (Å²) in [5.74, 6) is -0.0782. The molecule has 0 saturated heterocycles. The lowest BCUT2D eigenvalue weighted by atomic mass is 10.0. The summed E-state index contributed by atoms with van der Waals surface area (Å²) < 4.78 is 15.2. The zero-order chi connectivity index (χ0) is 31.7. The molecule has 0 saturated carbocycles. The van der Waals surface area contributed by atoms with E-state index in [2.05, 4.69) is 16.6 Å². The van der Waals surface area contributed by atoms with Crippen molar-refractivity contribution in [1.82, 2.24) is 0 Å². The van der Waals surface area contributed by atoms with E-state index in [0.29, 0.717) is 35.4 Å². The van der Waals surface area contributed by atoms with Crippen LogP contribution in [0.3, 0.4) is 0 Å². The summed E-state index contributed by atoms with van der Waals surface area (Å²) in [7, 11) is -0.651. The monoisotopic (exact) mass is 644 g/mol. The molecular weight excluding hydrogens is 600 g/mol. The summed E-state index contributed by atoms with van der Waals surface area (Å²) in [4.78, 5) is 31.2. The maximum atomic E-state index is 13.1. The van der Waals surface area contributed by atoms with Gasteiger partial charge in [-0.15, -0.1) is 4.33 Å². The highest BCUT2D eigenvalue weighted by Crippen LogP contribution is 2.33. The molecule has 0 bridgehead atoms. The van der Waals surface area contributed by atoms with Gasteiger partial charge in [-0.2, -0.15) is 0 Å². The smallest absolute Gasteiger partial charge is 0.338 e. The number of ether oxygens (including phenoxy) is 1. The Labute approximate surface area is 268 Å². The van der Waals surface area contributed by atoms with Crippen LogP contribution in [0.5, 0.6) is 11.5 Å². The summed E-state index contributed by atoms with van der Waals surface area (Å²) in [6.07, 6.45) is 12.0. The highest BCUT2D eigenvalue weighted by Gasteiger charge is 2.18. The standard InChI is InChI=1S/C34H45ClN2O6S/c1-4-7-8-9-10-11-12-13-14-15-22-41-34(40)26-17-21-30(35)31(24-26)37-33(39)29-19-16-25-23-27(18-20-28(25)32(29)38)42-43-44(6-3)36-5-2/h16-21,23-24,38H,4-15,22H2,1-3H3,(H,37,39). The fraction of sp³-hybridized carbons (Fsp3) is 0.471. The molecular formula is C34H45ClN2O6S. The molecule has 3 aromatic carbocycles. The zero-order valence-electron chi connectivity index (χ0n) is 26.0. The minimum atomic E-state index is -0.651. The molecule has 0 aromatic heterocycles. The number of phenolic OH excluding ortho intramolecular Hbond substituents is 1. The molecule has 2 N–H and O–H groups in total. The number of aromatic hydroxyl groups is 1. The second kappa shape index (κ2) is 19.3. The topological polar surface area (TPSA) is 106 Å². The highest BCUT2D eigenvalue weighted by atomic mass is 35.5. The van der Waals surface area contributed by atoms with E-state index in [-0.39, 0.29) is 27.6 Å². The van der Waals surface area contributed by atoms with Crippen molar-refractivity contribution in [3.05, 3.63) is 64.7 Å². The number of rotatable bonds is 19. The number of halogens is 1. The Hall–Kier alpha value is -3.14. The Morgan fingerprint density at radius 1 is 0.886 bits per heavy atom. The van der Waals surface area contributed by atoms with Crippen molar-refractivity contribution in [2.24, 2.45) is 4.36 Å². The minimum Gasteiger partial charge on any atom is -0.506 e. The van der Waals surface area contributed by atoms with Gasteiger partial charge < -0.3 is 20.0 Å². The molecule has 0 heterocycles. The number of nitrogens with zero attached hydrogens (tertiary/aromatic N) is 1. The van der Waals surface area contributed by atoms with Crippen LogP contribution in [0, 0.1) is 0 Å². The molecule has 0 fully saturated rings. The fourth-order valence-electron chi connectivity index (χ4n) is 4.69. The fourth-order valence-corrected chi connectivity index (χ4v) is 5.62. The van der Waals surface area contributed by atoms with Crippen LogP contribution >= 0.6 is 11.6 Å². The highest BCUT2D eigenvalue weighted by molar-refractivity contribution is 7.82. The Kier molecular flexibility index (Phi) is 15.5. The molecule has 0 radical (unpaired) electrons. The Morgan fingerprint density at radius 3 is 2.27 bits per heavy atom. The van der Waals surface area contributed by atoms with Crippen LogP contribution in [0.2, 0.25) is 5.02 Å².